The lowest BCUT2D eigenvalue weighted by molar-refractivity contribution is -0.119. The number of fused-ring (bicyclic) bond motifs is 1. The molecule has 150 valence electrons. The Labute approximate surface area is 169 Å². The van der Waals surface area contributed by atoms with Gasteiger partial charge >= 0.3 is 5.97 Å². The summed E-state index contributed by atoms with van der Waals surface area (Å²) in [5.74, 6) is -2.34. The quantitative estimate of drug-likeness (QED) is 0.576. The Morgan fingerprint density at radius 1 is 1.14 bits per heavy atom. The number of halogens is 1. The molecule has 0 unspecified atom stereocenters. The van der Waals surface area contributed by atoms with Gasteiger partial charge in [-0.2, -0.15) is 0 Å². The van der Waals surface area contributed by atoms with Crippen molar-refractivity contribution < 1.29 is 28.2 Å². The van der Waals surface area contributed by atoms with Gasteiger partial charge in [-0.3, -0.25) is 9.59 Å². The van der Waals surface area contributed by atoms with Crippen LogP contribution in [0.2, 0.25) is 0 Å². The number of amides is 2. The van der Waals surface area contributed by atoms with Crippen LogP contribution in [0, 0.1) is 5.82 Å². The molecule has 3 aromatic rings. The summed E-state index contributed by atoms with van der Waals surface area (Å²) < 4.78 is 25.0. The molecule has 7 nitrogen and oxygen atoms in total. The van der Waals surface area contributed by atoms with E-state index in [0.29, 0.717) is 26.9 Å². The molecule has 0 saturated carbocycles. The summed E-state index contributed by atoms with van der Waals surface area (Å²) in [6.45, 7) is -0.497. The maximum atomic E-state index is 14.2. The van der Waals surface area contributed by atoms with Crippen molar-refractivity contribution in [2.45, 2.75) is 6.61 Å². The smallest absolute Gasteiger partial charge is 0.349 e. The maximum Gasteiger partial charge on any atom is 0.349 e. The minimum atomic E-state index is -0.739. The molecule has 1 aromatic heterocycles. The van der Waals surface area contributed by atoms with Crippen molar-refractivity contribution >= 4 is 44.9 Å². The van der Waals surface area contributed by atoms with E-state index in [1.165, 1.54) is 37.4 Å². The zero-order valence-electron chi connectivity index (χ0n) is 15.4. The Hall–Kier alpha value is -3.30. The fourth-order valence-electron chi connectivity index (χ4n) is 2.73. The molecule has 0 radical (unpaired) electrons. The van der Waals surface area contributed by atoms with Crippen molar-refractivity contribution in [1.82, 2.24) is 0 Å². The zero-order valence-corrected chi connectivity index (χ0v) is 16.2. The first kappa shape index (κ1) is 20.4. The second kappa shape index (κ2) is 8.80. The van der Waals surface area contributed by atoms with Gasteiger partial charge in [-0.15, -0.1) is 11.3 Å². The Bertz CT molecular complexity index is 1080. The first-order valence-corrected chi connectivity index (χ1v) is 9.28. The van der Waals surface area contributed by atoms with Gasteiger partial charge in [0, 0.05) is 34.0 Å². The van der Waals surface area contributed by atoms with E-state index >= 15 is 0 Å². The summed E-state index contributed by atoms with van der Waals surface area (Å²) in [4.78, 5) is 35.8. The fourth-order valence-corrected chi connectivity index (χ4v) is 3.84. The monoisotopic (exact) mass is 416 g/mol. The van der Waals surface area contributed by atoms with E-state index in [4.69, 9.17) is 15.2 Å². The number of benzene rings is 2. The number of ether oxygens (including phenoxy) is 2. The molecule has 0 aliphatic carbocycles. The molecule has 2 amide bonds. The molecule has 0 atom stereocenters. The van der Waals surface area contributed by atoms with Crippen LogP contribution >= 0.6 is 11.3 Å². The van der Waals surface area contributed by atoms with Gasteiger partial charge < -0.3 is 20.5 Å². The van der Waals surface area contributed by atoms with Crippen LogP contribution in [0.5, 0.6) is 0 Å². The molecule has 0 fully saturated rings. The number of anilines is 1. The number of carbonyl (C=O) groups is 3. The molecule has 3 N–H and O–H groups in total. The highest BCUT2D eigenvalue weighted by Gasteiger charge is 2.22. The number of primary amides is 1. The van der Waals surface area contributed by atoms with Crippen molar-refractivity contribution in [1.29, 1.82) is 0 Å². The van der Waals surface area contributed by atoms with E-state index in [-0.39, 0.29) is 11.5 Å². The van der Waals surface area contributed by atoms with Crippen LogP contribution in [0.4, 0.5) is 10.1 Å². The molecule has 0 bridgehead atoms. The van der Waals surface area contributed by atoms with Crippen molar-refractivity contribution in [2.75, 3.05) is 19.0 Å². The molecule has 9 heteroatoms. The SMILES string of the molecule is COCc1c(C(=O)OCC(=O)Nc2ccc(C(N)=O)cc2)sc2cccc(F)c12. The summed E-state index contributed by atoms with van der Waals surface area (Å²) in [5, 5.41) is 2.85. The highest BCUT2D eigenvalue weighted by atomic mass is 32.1. The van der Waals surface area contributed by atoms with Crippen molar-refractivity contribution in [3.63, 3.8) is 0 Å². The van der Waals surface area contributed by atoms with Crippen LogP contribution in [0.15, 0.2) is 42.5 Å². The van der Waals surface area contributed by atoms with Crippen molar-refractivity contribution in [3.8, 4) is 0 Å². The van der Waals surface area contributed by atoms with E-state index in [0.717, 1.165) is 11.3 Å². The number of esters is 1. The van der Waals surface area contributed by atoms with Crippen molar-refractivity contribution in [2.24, 2.45) is 5.73 Å². The van der Waals surface area contributed by atoms with E-state index < -0.39 is 30.2 Å². The Balaban J connectivity index is 1.69. The number of rotatable bonds is 7. The Kier molecular flexibility index (Phi) is 6.20. The van der Waals surface area contributed by atoms with E-state index in [1.807, 2.05) is 0 Å². The standard InChI is InChI=1S/C20H17FN2O5S/c1-27-9-13-17-14(21)3-2-4-15(17)29-18(13)20(26)28-10-16(24)23-12-7-5-11(6-8-12)19(22)25/h2-8H,9-10H2,1H3,(H2,22,25)(H,23,24). The van der Waals surface area contributed by atoms with Gasteiger partial charge in [0.25, 0.3) is 5.91 Å². The third kappa shape index (κ3) is 4.58. The topological polar surface area (TPSA) is 108 Å². The van der Waals surface area contributed by atoms with Gasteiger partial charge in [-0.1, -0.05) is 6.07 Å². The van der Waals surface area contributed by atoms with Crippen LogP contribution in [0.25, 0.3) is 10.1 Å². The predicted octanol–water partition coefficient (Wildman–Crippen LogP) is 3.08. The molecule has 1 heterocycles. The van der Waals surface area contributed by atoms with Crippen molar-refractivity contribution in [3.05, 3.63) is 64.3 Å². The van der Waals surface area contributed by atoms with Gasteiger partial charge in [-0.25, -0.2) is 9.18 Å². The number of thiophene rings is 1. The van der Waals surface area contributed by atoms with Crippen LogP contribution in [0.1, 0.15) is 25.6 Å². The highest BCUT2D eigenvalue weighted by Crippen LogP contribution is 2.34. The molecular weight excluding hydrogens is 399 g/mol. The predicted molar refractivity (Wildman–Crippen MR) is 106 cm³/mol. The minimum Gasteiger partial charge on any atom is -0.451 e. The largest absolute Gasteiger partial charge is 0.451 e. The van der Waals surface area contributed by atoms with Gasteiger partial charge in [0.15, 0.2) is 6.61 Å². The van der Waals surface area contributed by atoms with Gasteiger partial charge in [0.1, 0.15) is 10.7 Å². The van der Waals surface area contributed by atoms with Crippen LogP contribution < -0.4 is 11.1 Å². The fraction of sp³-hybridized carbons (Fsp3) is 0.150. The molecule has 2 aromatic carbocycles. The average Bonchev–Trinajstić information content (AvgIpc) is 3.07. The third-order valence-corrected chi connectivity index (χ3v) is 5.20. The first-order chi connectivity index (χ1) is 13.9. The van der Waals surface area contributed by atoms with E-state index in [2.05, 4.69) is 5.32 Å². The van der Waals surface area contributed by atoms with Gasteiger partial charge in [0.2, 0.25) is 5.91 Å². The number of nitrogens with two attached hydrogens (primary N) is 1. The number of hydrogen-bond acceptors (Lipinski definition) is 6. The lowest BCUT2D eigenvalue weighted by atomic mass is 10.1. The van der Waals surface area contributed by atoms with Crippen LogP contribution in [-0.2, 0) is 20.9 Å². The van der Waals surface area contributed by atoms with Gasteiger partial charge in [-0.05, 0) is 36.4 Å². The lowest BCUT2D eigenvalue weighted by Gasteiger charge is -2.07. The zero-order chi connectivity index (χ0) is 21.0. The Morgan fingerprint density at radius 2 is 1.86 bits per heavy atom. The second-order valence-corrected chi connectivity index (χ2v) is 7.07. The summed E-state index contributed by atoms with van der Waals surface area (Å²) in [6, 6.07) is 10.5. The molecule has 0 saturated heterocycles. The second-order valence-electron chi connectivity index (χ2n) is 6.02. The maximum absolute atomic E-state index is 14.2. The first-order valence-electron chi connectivity index (χ1n) is 8.46. The lowest BCUT2D eigenvalue weighted by Crippen LogP contribution is -2.21. The minimum absolute atomic E-state index is 0.0315. The number of nitrogens with one attached hydrogen (secondary N) is 1. The summed E-state index contributed by atoms with van der Waals surface area (Å²) in [5.41, 5.74) is 6.26. The highest BCUT2D eigenvalue weighted by molar-refractivity contribution is 7.21. The van der Waals surface area contributed by atoms with Crippen LogP contribution in [-0.4, -0.2) is 31.5 Å². The third-order valence-electron chi connectivity index (χ3n) is 4.02. The van der Waals surface area contributed by atoms with E-state index in [9.17, 15) is 18.8 Å². The Morgan fingerprint density at radius 3 is 2.52 bits per heavy atom. The molecular formula is C20H17FN2O5S. The van der Waals surface area contributed by atoms with Gasteiger partial charge in [0.05, 0.1) is 6.61 Å². The molecule has 29 heavy (non-hydrogen) atoms. The summed E-state index contributed by atoms with van der Waals surface area (Å²) in [6.07, 6.45) is 0. The number of methoxy groups -OCH3 is 1. The van der Waals surface area contributed by atoms with Crippen LogP contribution in [0.3, 0.4) is 0 Å². The molecule has 0 aliphatic rings. The average molecular weight is 416 g/mol. The molecule has 0 spiro atoms. The number of hydrogen-bond donors (Lipinski definition) is 2. The normalized spacial score (nSPS) is 10.7. The summed E-state index contributed by atoms with van der Waals surface area (Å²) >= 11 is 1.08. The summed E-state index contributed by atoms with van der Waals surface area (Å²) in [7, 11) is 1.44. The van der Waals surface area contributed by atoms with E-state index in [1.54, 1.807) is 12.1 Å². The number of carbonyl (C=O) groups excluding carboxylic acids is 3. The molecule has 0 aliphatic heterocycles. The molecule has 3 rings (SSSR count).